The number of hydrogen-bond donors (Lipinski definition) is 1. The first-order valence-corrected chi connectivity index (χ1v) is 8.33. The molecule has 1 fully saturated rings. The molecule has 24 heavy (non-hydrogen) atoms. The Kier molecular flexibility index (Phi) is 4.50. The Labute approximate surface area is 142 Å². The topological polar surface area (TPSA) is 32.7 Å². The third kappa shape index (κ3) is 2.86. The van der Waals surface area contributed by atoms with Gasteiger partial charge in [-0.25, -0.2) is 4.39 Å². The number of benzene rings is 2. The lowest BCUT2D eigenvalue weighted by Crippen LogP contribution is -2.55. The van der Waals surface area contributed by atoms with Crippen molar-refractivity contribution in [3.05, 3.63) is 59.4 Å². The fraction of sp³-hybridized carbons (Fsp3) is 0.400. The van der Waals surface area contributed by atoms with Gasteiger partial charge in [-0.1, -0.05) is 12.1 Å². The minimum atomic E-state index is -0.528. The minimum absolute atomic E-state index is 0.144. The molecule has 1 saturated heterocycles. The Morgan fingerprint density at radius 2 is 1.92 bits per heavy atom. The summed E-state index contributed by atoms with van der Waals surface area (Å²) < 4.78 is 19.3. The Morgan fingerprint density at radius 3 is 2.54 bits per heavy atom. The molecule has 0 aliphatic carbocycles. The molecule has 2 unspecified atom stereocenters. The molecule has 2 aromatic carbocycles. The van der Waals surface area contributed by atoms with Crippen LogP contribution in [-0.4, -0.2) is 24.5 Å². The van der Waals surface area contributed by atoms with E-state index in [-0.39, 0.29) is 11.7 Å². The number of phenolic OH excluding ortho intramolecular Hbond substituents is 1. The average Bonchev–Trinajstić information content (AvgIpc) is 2.58. The number of halogens is 1. The molecule has 0 bridgehead atoms. The summed E-state index contributed by atoms with van der Waals surface area (Å²) in [5.41, 5.74) is 2.43. The zero-order valence-corrected chi connectivity index (χ0v) is 14.4. The van der Waals surface area contributed by atoms with Crippen LogP contribution in [0.1, 0.15) is 36.8 Å². The zero-order chi connectivity index (χ0) is 17.3. The van der Waals surface area contributed by atoms with Crippen molar-refractivity contribution in [1.82, 2.24) is 0 Å². The normalized spacial score (nSPS) is 24.2. The van der Waals surface area contributed by atoms with Gasteiger partial charge in [0, 0.05) is 25.3 Å². The molecule has 0 spiro atoms. The van der Waals surface area contributed by atoms with Gasteiger partial charge in [0.05, 0.1) is 0 Å². The first-order chi connectivity index (χ1) is 11.5. The summed E-state index contributed by atoms with van der Waals surface area (Å²) in [6.45, 7) is 4.86. The Bertz CT molecular complexity index is 716. The molecule has 128 valence electrons. The van der Waals surface area contributed by atoms with Crippen molar-refractivity contribution in [2.75, 3.05) is 18.6 Å². The largest absolute Gasteiger partial charge is 0.508 e. The van der Waals surface area contributed by atoms with Crippen molar-refractivity contribution >= 4 is 5.69 Å². The molecule has 0 amide bonds. The van der Waals surface area contributed by atoms with Gasteiger partial charge < -0.3 is 14.7 Å². The fourth-order valence-corrected chi connectivity index (χ4v) is 3.75. The van der Waals surface area contributed by atoms with Crippen molar-refractivity contribution in [2.24, 2.45) is 0 Å². The smallest absolute Gasteiger partial charge is 0.144 e. The maximum atomic E-state index is 13.3. The molecule has 4 heteroatoms. The van der Waals surface area contributed by atoms with Crippen molar-refractivity contribution < 1.29 is 14.2 Å². The van der Waals surface area contributed by atoms with E-state index in [4.69, 9.17) is 4.74 Å². The van der Waals surface area contributed by atoms with Crippen molar-refractivity contribution in [3.63, 3.8) is 0 Å². The van der Waals surface area contributed by atoms with Crippen LogP contribution in [0.15, 0.2) is 42.5 Å². The van der Waals surface area contributed by atoms with Crippen LogP contribution in [0.2, 0.25) is 0 Å². The van der Waals surface area contributed by atoms with Gasteiger partial charge in [0.25, 0.3) is 0 Å². The van der Waals surface area contributed by atoms with Crippen LogP contribution in [0.4, 0.5) is 10.1 Å². The van der Waals surface area contributed by atoms with Gasteiger partial charge in [-0.15, -0.1) is 0 Å². The molecule has 0 saturated carbocycles. The predicted octanol–water partition coefficient (Wildman–Crippen LogP) is 4.59. The van der Waals surface area contributed by atoms with Crippen LogP contribution in [-0.2, 0) is 4.74 Å². The van der Waals surface area contributed by atoms with Gasteiger partial charge in [-0.2, -0.15) is 0 Å². The highest BCUT2D eigenvalue weighted by Gasteiger charge is 2.43. The van der Waals surface area contributed by atoms with Gasteiger partial charge in [-0.05, 0) is 68.1 Å². The number of hydrogen-bond acceptors (Lipinski definition) is 3. The molecule has 1 aliphatic heterocycles. The molecule has 1 N–H and O–H groups in total. The second-order valence-corrected chi connectivity index (χ2v) is 6.63. The van der Waals surface area contributed by atoms with Crippen LogP contribution in [0.3, 0.4) is 0 Å². The van der Waals surface area contributed by atoms with Crippen LogP contribution in [0.5, 0.6) is 5.75 Å². The first-order valence-electron chi connectivity index (χ1n) is 8.33. The van der Waals surface area contributed by atoms with E-state index in [1.807, 2.05) is 31.2 Å². The molecule has 2 aromatic rings. The number of aromatic hydroxyl groups is 1. The first kappa shape index (κ1) is 16.8. The number of rotatable bonds is 3. The molecule has 0 radical (unpaired) electrons. The number of phenols is 1. The maximum absolute atomic E-state index is 13.3. The number of piperidine rings is 1. The number of aryl methyl sites for hydroxylation is 1. The van der Waals surface area contributed by atoms with E-state index in [2.05, 4.69) is 11.8 Å². The third-order valence-corrected chi connectivity index (χ3v) is 5.23. The lowest BCUT2D eigenvalue weighted by molar-refractivity contribution is -0.0337. The highest BCUT2D eigenvalue weighted by Crippen LogP contribution is 2.44. The van der Waals surface area contributed by atoms with Crippen LogP contribution < -0.4 is 4.90 Å². The van der Waals surface area contributed by atoms with Gasteiger partial charge in [0.15, 0.2) is 0 Å². The number of methoxy groups -OCH3 is 1. The van der Waals surface area contributed by atoms with Crippen molar-refractivity contribution in [3.8, 4) is 5.75 Å². The SMILES string of the molecule is COC1(C)C(c2ccc(F)cc2)CCCN1c1ccc(O)c(C)c1. The number of ether oxygens (including phenoxy) is 1. The molecule has 1 aliphatic rings. The summed E-state index contributed by atoms with van der Waals surface area (Å²) in [6, 6.07) is 12.4. The molecule has 2 atom stereocenters. The van der Waals surface area contributed by atoms with Crippen LogP contribution in [0, 0.1) is 12.7 Å². The van der Waals surface area contributed by atoms with Gasteiger partial charge in [0.2, 0.25) is 0 Å². The molecular formula is C20H24FNO2. The maximum Gasteiger partial charge on any atom is 0.144 e. The average molecular weight is 329 g/mol. The van der Waals surface area contributed by atoms with E-state index in [0.29, 0.717) is 5.75 Å². The summed E-state index contributed by atoms with van der Waals surface area (Å²) in [5.74, 6) is 0.218. The molecular weight excluding hydrogens is 305 g/mol. The van der Waals surface area contributed by atoms with E-state index in [1.165, 1.54) is 12.1 Å². The highest BCUT2D eigenvalue weighted by atomic mass is 19.1. The van der Waals surface area contributed by atoms with Gasteiger partial charge >= 0.3 is 0 Å². The lowest BCUT2D eigenvalue weighted by atomic mass is 9.81. The number of nitrogens with zero attached hydrogens (tertiary/aromatic N) is 1. The van der Waals surface area contributed by atoms with Gasteiger partial charge in [0.1, 0.15) is 17.3 Å². The Balaban J connectivity index is 2.00. The molecule has 3 rings (SSSR count). The fourth-order valence-electron chi connectivity index (χ4n) is 3.75. The van der Waals surface area contributed by atoms with Gasteiger partial charge in [-0.3, -0.25) is 0 Å². The molecule has 0 aromatic heterocycles. The second kappa shape index (κ2) is 6.44. The summed E-state index contributed by atoms with van der Waals surface area (Å²) in [4.78, 5) is 2.25. The monoisotopic (exact) mass is 329 g/mol. The highest BCUT2D eigenvalue weighted by molar-refractivity contribution is 5.55. The summed E-state index contributed by atoms with van der Waals surface area (Å²) >= 11 is 0. The second-order valence-electron chi connectivity index (χ2n) is 6.63. The third-order valence-electron chi connectivity index (χ3n) is 5.23. The summed E-state index contributed by atoms with van der Waals surface area (Å²) in [6.07, 6.45) is 2.02. The Hall–Kier alpha value is -2.07. The minimum Gasteiger partial charge on any atom is -0.508 e. The number of anilines is 1. The Morgan fingerprint density at radius 1 is 1.21 bits per heavy atom. The predicted molar refractivity (Wildman–Crippen MR) is 94.0 cm³/mol. The quantitative estimate of drug-likeness (QED) is 0.894. The summed E-state index contributed by atoms with van der Waals surface area (Å²) in [5, 5.41) is 9.80. The van der Waals surface area contributed by atoms with Crippen molar-refractivity contribution in [2.45, 2.75) is 38.3 Å². The van der Waals surface area contributed by atoms with E-state index in [1.54, 1.807) is 13.2 Å². The lowest BCUT2D eigenvalue weighted by Gasteiger charge is -2.50. The van der Waals surface area contributed by atoms with E-state index in [0.717, 1.165) is 36.2 Å². The molecule has 3 nitrogen and oxygen atoms in total. The van der Waals surface area contributed by atoms with E-state index in [9.17, 15) is 9.50 Å². The van der Waals surface area contributed by atoms with Crippen molar-refractivity contribution in [1.29, 1.82) is 0 Å². The zero-order valence-electron chi connectivity index (χ0n) is 14.4. The van der Waals surface area contributed by atoms with E-state index < -0.39 is 5.72 Å². The molecule has 1 heterocycles. The van der Waals surface area contributed by atoms with E-state index >= 15 is 0 Å². The standard InChI is InChI=1S/C20H24FNO2/c1-14-13-17(10-11-19(14)23)22-12-4-5-18(20(22,2)24-3)15-6-8-16(21)9-7-15/h6-11,13,18,23H,4-5,12H2,1-3H3. The van der Waals surface area contributed by atoms with Crippen LogP contribution in [0.25, 0.3) is 0 Å². The summed E-state index contributed by atoms with van der Waals surface area (Å²) in [7, 11) is 1.72. The van der Waals surface area contributed by atoms with Crippen LogP contribution >= 0.6 is 0 Å².